The van der Waals surface area contributed by atoms with Gasteiger partial charge in [-0.15, -0.1) is 0 Å². The zero-order valence-electron chi connectivity index (χ0n) is 42.9. The Morgan fingerprint density at radius 1 is 0.631 bits per heavy atom. The van der Waals surface area contributed by atoms with Gasteiger partial charge in [-0.3, -0.25) is 9.59 Å². The molecule has 5 atom stereocenters. The highest BCUT2D eigenvalue weighted by molar-refractivity contribution is 8.68. The Hall–Kier alpha value is -0.100. The molecule has 0 bridgehead atoms. The predicted octanol–water partition coefficient (Wildman–Crippen LogP) is 16.8. The lowest BCUT2D eigenvalue weighted by Gasteiger charge is -2.31. The van der Waals surface area contributed by atoms with Crippen LogP contribution in [-0.4, -0.2) is 55.9 Å². The number of aliphatic hydroxyl groups is 2. The van der Waals surface area contributed by atoms with Gasteiger partial charge in [0.15, 0.2) is 0 Å². The standard InChI is InChI=1S/C46H88O8P2S4.C4H10O/c1-9-11-13-15-17-19-21-23-25-27-37-51-46(8,36-30-32-42(5)6)40-60-56(58,52-38-28-26-24-22-20-18-16-14-12-10-2)54-44(48)34-33-43(47)53-55(50,57)59-39-45(7,49)35-29-31-41(3)4;1-3-4(2)5/h27-28,37-38,41-42,49H,9-26,29-36,39-40H2,1-8H3,(H,50,57);4-5H,3H2,1-2H3. The lowest BCUT2D eigenvalue weighted by atomic mass is 9.97. The van der Waals surface area contributed by atoms with Crippen molar-refractivity contribution in [2.24, 2.45) is 11.8 Å². The number of allylic oxidation sites excluding steroid dienone is 2. The van der Waals surface area contributed by atoms with Crippen LogP contribution in [0.25, 0.3) is 0 Å². The van der Waals surface area contributed by atoms with Gasteiger partial charge in [-0.05, 0) is 131 Å². The van der Waals surface area contributed by atoms with Crippen LogP contribution in [0.2, 0.25) is 0 Å². The fourth-order valence-corrected chi connectivity index (χ4v) is 14.1. The molecule has 0 spiro atoms. The lowest BCUT2D eigenvalue weighted by Crippen LogP contribution is -2.30. The highest BCUT2D eigenvalue weighted by Crippen LogP contribution is 2.63. The van der Waals surface area contributed by atoms with Crippen molar-refractivity contribution < 1.29 is 43.0 Å². The second kappa shape index (κ2) is 41.7. The van der Waals surface area contributed by atoms with E-state index in [1.165, 1.54) is 94.9 Å². The highest BCUT2D eigenvalue weighted by atomic mass is 32.9. The zero-order chi connectivity index (χ0) is 49.5. The maximum absolute atomic E-state index is 13.2. The monoisotopic (exact) mass is 1030 g/mol. The quantitative estimate of drug-likeness (QED) is 0.0305. The first-order valence-corrected chi connectivity index (χ1v) is 33.9. The minimum atomic E-state index is -3.59. The number of aliphatic hydroxyl groups excluding tert-OH is 1. The number of ether oxygens (including phenoxy) is 1. The molecule has 65 heavy (non-hydrogen) atoms. The summed E-state index contributed by atoms with van der Waals surface area (Å²) >= 11 is 13.4. The molecule has 5 unspecified atom stereocenters. The fourth-order valence-electron chi connectivity index (χ4n) is 6.36. The molecule has 0 radical (unpaired) electrons. The third kappa shape index (κ3) is 46.1. The molecule has 0 aliphatic carbocycles. The van der Waals surface area contributed by atoms with E-state index in [0.29, 0.717) is 24.0 Å². The number of carbonyl (C=O) groups is 2. The Bertz CT molecular complexity index is 1330. The first-order chi connectivity index (χ1) is 30.6. The van der Waals surface area contributed by atoms with Gasteiger partial charge in [0.2, 0.25) is 0 Å². The molecule has 9 nitrogen and oxygen atoms in total. The number of hydrogen-bond acceptors (Lipinski definition) is 12. The van der Waals surface area contributed by atoms with Crippen LogP contribution < -0.4 is 0 Å². The smallest absolute Gasteiger partial charge is 0.350 e. The summed E-state index contributed by atoms with van der Waals surface area (Å²) in [5, 5.41) is 19.1. The van der Waals surface area contributed by atoms with Crippen molar-refractivity contribution in [2.75, 3.05) is 11.5 Å². The van der Waals surface area contributed by atoms with Gasteiger partial charge in [0.25, 0.3) is 5.69 Å². The predicted molar refractivity (Wildman–Crippen MR) is 290 cm³/mol. The highest BCUT2D eigenvalue weighted by Gasteiger charge is 2.33. The van der Waals surface area contributed by atoms with Crippen LogP contribution in [-0.2, 0) is 51.5 Å². The Morgan fingerprint density at radius 2 is 1.06 bits per heavy atom. The van der Waals surface area contributed by atoms with Crippen LogP contribution in [0.3, 0.4) is 0 Å². The van der Waals surface area contributed by atoms with E-state index in [-0.39, 0.29) is 24.7 Å². The van der Waals surface area contributed by atoms with Crippen LogP contribution >= 0.6 is 34.2 Å². The van der Waals surface area contributed by atoms with E-state index in [9.17, 15) is 19.6 Å². The molecule has 15 heteroatoms. The van der Waals surface area contributed by atoms with Crippen molar-refractivity contribution in [2.45, 2.75) is 260 Å². The fraction of sp³-hybridized carbons (Fsp3) is 0.880. The summed E-state index contributed by atoms with van der Waals surface area (Å²) in [5.41, 5.74) is -8.46. The Morgan fingerprint density at radius 3 is 1.52 bits per heavy atom. The molecule has 0 fully saturated rings. The summed E-state index contributed by atoms with van der Waals surface area (Å²) in [6.45, 7) is 20.7. The van der Waals surface area contributed by atoms with Crippen LogP contribution in [0.5, 0.6) is 0 Å². The molecule has 386 valence electrons. The van der Waals surface area contributed by atoms with Crippen LogP contribution in [0.1, 0.15) is 243 Å². The minimum Gasteiger partial charge on any atom is -0.495 e. The molecule has 0 aromatic carbocycles. The summed E-state index contributed by atoms with van der Waals surface area (Å²) in [6.07, 6.45) is 34.7. The van der Waals surface area contributed by atoms with E-state index < -0.39 is 34.5 Å². The average Bonchev–Trinajstić information content (AvgIpc) is 3.22. The molecule has 0 saturated heterocycles. The largest absolute Gasteiger partial charge is 0.495 e. The Kier molecular flexibility index (Phi) is 42.9. The second-order valence-corrected chi connectivity index (χ2v) is 31.5. The molecule has 0 rings (SSSR count). The molecular weight excluding hydrogens is 935 g/mol. The van der Waals surface area contributed by atoms with E-state index in [1.54, 1.807) is 20.1 Å². The van der Waals surface area contributed by atoms with Gasteiger partial charge in [-0.2, -0.15) is 0 Å². The normalized spacial score (nSPS) is 16.0. The van der Waals surface area contributed by atoms with Gasteiger partial charge in [-0.1, -0.05) is 169 Å². The van der Waals surface area contributed by atoms with E-state index in [0.717, 1.165) is 82.0 Å². The summed E-state index contributed by atoms with van der Waals surface area (Å²) in [7, 11) is 0. The Balaban J connectivity index is 0. The van der Waals surface area contributed by atoms with Crippen molar-refractivity contribution in [1.29, 1.82) is 0 Å². The van der Waals surface area contributed by atoms with Crippen molar-refractivity contribution in [1.82, 2.24) is 0 Å². The van der Waals surface area contributed by atoms with Gasteiger partial charge in [0.1, 0.15) is 5.60 Å². The average molecular weight is 1030 g/mol. The van der Waals surface area contributed by atoms with Gasteiger partial charge in [-0.25, -0.2) is 0 Å². The van der Waals surface area contributed by atoms with Gasteiger partial charge in [0, 0.05) is 11.5 Å². The summed E-state index contributed by atoms with van der Waals surface area (Å²) in [5.74, 6) is 0.198. The van der Waals surface area contributed by atoms with Crippen LogP contribution in [0.4, 0.5) is 0 Å². The maximum atomic E-state index is 13.2. The molecule has 0 amide bonds. The van der Waals surface area contributed by atoms with E-state index in [4.69, 9.17) is 47.0 Å². The third-order valence-electron chi connectivity index (χ3n) is 10.8. The van der Waals surface area contributed by atoms with Crippen LogP contribution in [0, 0.1) is 11.8 Å². The van der Waals surface area contributed by atoms with Gasteiger partial charge >= 0.3 is 17.6 Å². The van der Waals surface area contributed by atoms with Crippen molar-refractivity contribution in [3.8, 4) is 0 Å². The summed E-state index contributed by atoms with van der Waals surface area (Å²) in [4.78, 5) is 36.7. The molecule has 0 aromatic rings. The van der Waals surface area contributed by atoms with Crippen molar-refractivity contribution in [3.05, 3.63) is 24.7 Å². The molecule has 3 N–H and O–H groups in total. The van der Waals surface area contributed by atoms with E-state index in [1.807, 2.05) is 19.3 Å². The SMILES string of the molecule is CCC(C)O.CCCCCCCCCCC=COC(C)(CCCC(C)C)CSP(=S)(OC=CCCCCCCCCCC)OC(=O)CCC(=O)OP(O)(=S)SCC(C)(O)CCCC(C)C. The van der Waals surface area contributed by atoms with Gasteiger partial charge < -0.3 is 33.4 Å². The number of rotatable bonds is 42. The van der Waals surface area contributed by atoms with E-state index >= 15 is 0 Å². The first-order valence-electron chi connectivity index (χ1n) is 25.4. The Labute approximate surface area is 418 Å². The van der Waals surface area contributed by atoms with Gasteiger partial charge in [0.05, 0.1) is 37.1 Å². The minimum absolute atomic E-state index is 0.116. The number of hydrogen-bond donors (Lipinski definition) is 3. The second-order valence-electron chi connectivity index (χ2n) is 19.2. The first kappa shape index (κ1) is 67.0. The van der Waals surface area contributed by atoms with E-state index in [2.05, 4.69) is 54.5 Å². The number of unbranched alkanes of at least 4 members (excludes halogenated alkanes) is 16. The molecule has 0 heterocycles. The summed E-state index contributed by atoms with van der Waals surface area (Å²) < 4.78 is 23.7. The lowest BCUT2D eigenvalue weighted by molar-refractivity contribution is -0.140. The molecule has 0 aliphatic heterocycles. The van der Waals surface area contributed by atoms with Crippen molar-refractivity contribution >= 4 is 69.7 Å². The molecule has 0 saturated carbocycles. The number of carbonyl (C=O) groups excluding carboxylic acids is 2. The molecular formula is C50H98O9P2S4. The third-order valence-corrected chi connectivity index (χ3v) is 20.2. The topological polar surface area (TPSA) is 132 Å². The molecule has 0 aliphatic rings. The molecule has 0 aromatic heterocycles. The van der Waals surface area contributed by atoms with Crippen LogP contribution in [0.15, 0.2) is 24.7 Å². The maximum Gasteiger partial charge on any atom is 0.350 e. The van der Waals surface area contributed by atoms with Crippen molar-refractivity contribution in [3.63, 3.8) is 0 Å². The zero-order valence-corrected chi connectivity index (χ0v) is 47.9. The summed E-state index contributed by atoms with van der Waals surface area (Å²) in [6, 6.07) is 0.